The third-order valence-electron chi connectivity index (χ3n) is 4.44. The third kappa shape index (κ3) is 8.73. The molecule has 0 saturated carbocycles. The van der Waals surface area contributed by atoms with Gasteiger partial charge in [0.15, 0.2) is 5.96 Å². The Labute approximate surface area is 166 Å². The zero-order chi connectivity index (χ0) is 19.5. The molecule has 7 nitrogen and oxygen atoms in total. The molecule has 1 saturated heterocycles. The Morgan fingerprint density at radius 3 is 2.81 bits per heavy atom. The Bertz CT molecular complexity index is 571. The van der Waals surface area contributed by atoms with E-state index in [1.807, 2.05) is 0 Å². The molecule has 0 radical (unpaired) electrons. The van der Waals surface area contributed by atoms with Gasteiger partial charge in [-0.3, -0.25) is 9.69 Å². The van der Waals surface area contributed by atoms with Gasteiger partial charge >= 0.3 is 0 Å². The predicted octanol–water partition coefficient (Wildman–Crippen LogP) is 0.882. The molecule has 0 aromatic carbocycles. The number of aliphatic imine (C=N–C) groups is 1. The SMILES string of the molecule is CC(CNC(=NCC(=O)N(C)C)NCCN1CCOCC1)Cc1cccs1. The lowest BCUT2D eigenvalue weighted by Gasteiger charge is -2.27. The molecule has 152 valence electrons. The van der Waals surface area contributed by atoms with E-state index in [1.165, 1.54) is 4.88 Å². The standard InChI is InChI=1S/C19H33N5O2S/c1-16(13-17-5-4-12-27-17)14-21-19(22-15-18(25)23(2)3)20-6-7-24-8-10-26-11-9-24/h4-5,12,16H,6-11,13-15H2,1-3H3,(H2,20,21,22). The van der Waals surface area contributed by atoms with Crippen LogP contribution in [0.1, 0.15) is 11.8 Å². The summed E-state index contributed by atoms with van der Waals surface area (Å²) in [5.41, 5.74) is 0. The van der Waals surface area contributed by atoms with Crippen LogP contribution in [0, 0.1) is 5.92 Å². The van der Waals surface area contributed by atoms with Crippen molar-refractivity contribution in [1.82, 2.24) is 20.4 Å². The van der Waals surface area contributed by atoms with Crippen molar-refractivity contribution in [1.29, 1.82) is 0 Å². The molecule has 2 N–H and O–H groups in total. The number of hydrogen-bond acceptors (Lipinski definition) is 5. The first-order valence-corrected chi connectivity index (χ1v) is 10.5. The summed E-state index contributed by atoms with van der Waals surface area (Å²) in [6, 6.07) is 4.26. The number of hydrogen-bond donors (Lipinski definition) is 2. The van der Waals surface area contributed by atoms with Crippen molar-refractivity contribution < 1.29 is 9.53 Å². The van der Waals surface area contributed by atoms with E-state index in [2.05, 4.69) is 45.0 Å². The second-order valence-corrected chi connectivity index (χ2v) is 8.14. The summed E-state index contributed by atoms with van der Waals surface area (Å²) in [5.74, 6) is 1.19. The molecule has 2 rings (SSSR count). The molecule has 1 aliphatic rings. The maximum atomic E-state index is 11.9. The number of rotatable bonds is 9. The number of likely N-dealkylation sites (N-methyl/N-ethyl adjacent to an activating group) is 1. The molecule has 8 heteroatoms. The fourth-order valence-corrected chi connectivity index (χ4v) is 3.60. The first kappa shape index (κ1) is 21.7. The zero-order valence-corrected chi connectivity index (χ0v) is 17.6. The Kier molecular flexibility index (Phi) is 9.58. The molecule has 1 aromatic heterocycles. The number of carbonyl (C=O) groups is 1. The first-order valence-electron chi connectivity index (χ1n) is 9.59. The third-order valence-corrected chi connectivity index (χ3v) is 5.34. The minimum Gasteiger partial charge on any atom is -0.379 e. The van der Waals surface area contributed by atoms with Crippen LogP contribution >= 0.6 is 11.3 Å². The van der Waals surface area contributed by atoms with Gasteiger partial charge in [-0.2, -0.15) is 0 Å². The van der Waals surface area contributed by atoms with Crippen LogP contribution in [0.25, 0.3) is 0 Å². The second kappa shape index (κ2) is 11.9. The largest absolute Gasteiger partial charge is 0.379 e. The lowest BCUT2D eigenvalue weighted by Crippen LogP contribution is -2.45. The molecular weight excluding hydrogens is 362 g/mol. The highest BCUT2D eigenvalue weighted by Gasteiger charge is 2.11. The molecule has 1 aliphatic heterocycles. The average molecular weight is 396 g/mol. The van der Waals surface area contributed by atoms with Crippen LogP contribution in [0.5, 0.6) is 0 Å². The molecule has 0 spiro atoms. The van der Waals surface area contributed by atoms with Crippen molar-refractivity contribution in [2.75, 3.05) is 66.6 Å². The summed E-state index contributed by atoms with van der Waals surface area (Å²) in [4.78, 5) is 21.7. The van der Waals surface area contributed by atoms with Gasteiger partial charge in [-0.1, -0.05) is 13.0 Å². The van der Waals surface area contributed by atoms with E-state index < -0.39 is 0 Å². The van der Waals surface area contributed by atoms with Gasteiger partial charge in [-0.05, 0) is 23.8 Å². The second-order valence-electron chi connectivity index (χ2n) is 7.10. The van der Waals surface area contributed by atoms with Crippen molar-refractivity contribution in [2.45, 2.75) is 13.3 Å². The smallest absolute Gasteiger partial charge is 0.243 e. The van der Waals surface area contributed by atoms with Crippen LogP contribution in [0.3, 0.4) is 0 Å². The van der Waals surface area contributed by atoms with Crippen LogP contribution in [-0.4, -0.2) is 88.2 Å². The summed E-state index contributed by atoms with van der Waals surface area (Å²) in [5, 5.41) is 8.87. The fourth-order valence-electron chi connectivity index (χ4n) is 2.73. The number of morpholine rings is 1. The van der Waals surface area contributed by atoms with Crippen molar-refractivity contribution >= 4 is 23.2 Å². The highest BCUT2D eigenvalue weighted by atomic mass is 32.1. The summed E-state index contributed by atoms with van der Waals surface area (Å²) < 4.78 is 5.38. The Balaban J connectivity index is 1.80. The quantitative estimate of drug-likeness (QED) is 0.480. The summed E-state index contributed by atoms with van der Waals surface area (Å²) in [7, 11) is 3.50. The number of nitrogens with one attached hydrogen (secondary N) is 2. The minimum absolute atomic E-state index is 0.00378. The number of guanidine groups is 1. The molecule has 0 aliphatic carbocycles. The highest BCUT2D eigenvalue weighted by Crippen LogP contribution is 2.13. The van der Waals surface area contributed by atoms with Crippen LogP contribution in [0.15, 0.2) is 22.5 Å². The van der Waals surface area contributed by atoms with Gasteiger partial charge in [-0.25, -0.2) is 4.99 Å². The zero-order valence-electron chi connectivity index (χ0n) is 16.7. The van der Waals surface area contributed by atoms with Crippen molar-refractivity contribution in [3.63, 3.8) is 0 Å². The fraction of sp³-hybridized carbons (Fsp3) is 0.684. The maximum Gasteiger partial charge on any atom is 0.243 e. The molecule has 1 amide bonds. The highest BCUT2D eigenvalue weighted by molar-refractivity contribution is 7.09. The van der Waals surface area contributed by atoms with Gasteiger partial charge in [0.25, 0.3) is 0 Å². The Morgan fingerprint density at radius 1 is 1.37 bits per heavy atom. The topological polar surface area (TPSA) is 69.2 Å². The molecule has 27 heavy (non-hydrogen) atoms. The lowest BCUT2D eigenvalue weighted by atomic mass is 10.1. The van der Waals surface area contributed by atoms with Gasteiger partial charge in [0, 0.05) is 51.7 Å². The van der Waals surface area contributed by atoms with E-state index in [0.717, 1.165) is 52.4 Å². The molecule has 0 bridgehead atoms. The number of ether oxygens (including phenoxy) is 1. The average Bonchev–Trinajstić information content (AvgIpc) is 3.16. The Morgan fingerprint density at radius 2 is 2.15 bits per heavy atom. The molecule has 2 heterocycles. The number of carbonyl (C=O) groups excluding carboxylic acids is 1. The maximum absolute atomic E-state index is 11.9. The van der Waals surface area contributed by atoms with Gasteiger partial charge < -0.3 is 20.3 Å². The summed E-state index contributed by atoms with van der Waals surface area (Å²) >= 11 is 1.79. The van der Waals surface area contributed by atoms with E-state index in [-0.39, 0.29) is 12.5 Å². The van der Waals surface area contributed by atoms with Crippen LogP contribution in [0.2, 0.25) is 0 Å². The van der Waals surface area contributed by atoms with Crippen LogP contribution in [0.4, 0.5) is 0 Å². The van der Waals surface area contributed by atoms with Crippen LogP contribution < -0.4 is 10.6 Å². The van der Waals surface area contributed by atoms with Crippen LogP contribution in [-0.2, 0) is 16.0 Å². The van der Waals surface area contributed by atoms with Gasteiger partial charge in [-0.15, -0.1) is 11.3 Å². The Hall–Kier alpha value is -1.64. The monoisotopic (exact) mass is 395 g/mol. The molecule has 1 fully saturated rings. The predicted molar refractivity (Wildman–Crippen MR) is 111 cm³/mol. The number of amides is 1. The summed E-state index contributed by atoms with van der Waals surface area (Å²) in [6.07, 6.45) is 1.04. The van der Waals surface area contributed by atoms with E-state index in [0.29, 0.717) is 11.9 Å². The minimum atomic E-state index is -0.00378. The van der Waals surface area contributed by atoms with Crippen molar-refractivity contribution in [2.24, 2.45) is 10.9 Å². The van der Waals surface area contributed by atoms with Gasteiger partial charge in [0.2, 0.25) is 5.91 Å². The number of nitrogens with zero attached hydrogens (tertiary/aromatic N) is 3. The first-order chi connectivity index (χ1) is 13.0. The van der Waals surface area contributed by atoms with Gasteiger partial charge in [0.1, 0.15) is 6.54 Å². The number of thiophene rings is 1. The van der Waals surface area contributed by atoms with E-state index >= 15 is 0 Å². The summed E-state index contributed by atoms with van der Waals surface area (Å²) in [6.45, 7) is 8.47. The van der Waals surface area contributed by atoms with E-state index in [4.69, 9.17) is 4.74 Å². The normalized spacial score (nSPS) is 16.8. The van der Waals surface area contributed by atoms with E-state index in [9.17, 15) is 4.79 Å². The molecule has 1 aromatic rings. The van der Waals surface area contributed by atoms with Crippen molar-refractivity contribution in [3.8, 4) is 0 Å². The molecular formula is C19H33N5O2S. The van der Waals surface area contributed by atoms with E-state index in [1.54, 1.807) is 30.3 Å². The molecule has 1 unspecified atom stereocenters. The lowest BCUT2D eigenvalue weighted by molar-refractivity contribution is -0.127. The molecule has 1 atom stereocenters. The van der Waals surface area contributed by atoms with Gasteiger partial charge in [0.05, 0.1) is 13.2 Å². The van der Waals surface area contributed by atoms with Crippen molar-refractivity contribution in [3.05, 3.63) is 22.4 Å².